The number of rotatable bonds is 9. The fraction of sp³-hybridized carbons (Fsp3) is 0.250. The molecule has 4 rings (SSSR count). The van der Waals surface area contributed by atoms with Crippen molar-refractivity contribution >= 4 is 22.6 Å². The quantitative estimate of drug-likeness (QED) is 0.302. The van der Waals surface area contributed by atoms with Crippen molar-refractivity contribution < 1.29 is 9.72 Å². The number of benzene rings is 2. The molecule has 2 aromatic carbocycles. The van der Waals surface area contributed by atoms with Gasteiger partial charge >= 0.3 is 0 Å². The normalized spacial score (nSPS) is 11.9. The van der Waals surface area contributed by atoms with Gasteiger partial charge in [-0.2, -0.15) is 5.10 Å². The molecule has 0 fully saturated rings. The van der Waals surface area contributed by atoms with Gasteiger partial charge in [-0.15, -0.1) is 0 Å². The van der Waals surface area contributed by atoms with Crippen molar-refractivity contribution in [3.05, 3.63) is 98.7 Å². The first-order valence-electron chi connectivity index (χ1n) is 10.9. The van der Waals surface area contributed by atoms with Crippen molar-refractivity contribution in [3.63, 3.8) is 0 Å². The lowest BCUT2D eigenvalue weighted by molar-refractivity contribution is -0.384. The van der Waals surface area contributed by atoms with E-state index in [1.165, 1.54) is 29.2 Å². The van der Waals surface area contributed by atoms with E-state index in [4.69, 9.17) is 0 Å². The highest BCUT2D eigenvalue weighted by molar-refractivity contribution is 5.83. The summed E-state index contributed by atoms with van der Waals surface area (Å²) in [5, 5.41) is 18.5. The van der Waals surface area contributed by atoms with Crippen LogP contribution in [0.5, 0.6) is 0 Å². The number of nitro benzene ring substituents is 1. The molecule has 4 aromatic rings. The third kappa shape index (κ3) is 4.85. The van der Waals surface area contributed by atoms with Crippen LogP contribution in [-0.2, 0) is 17.9 Å². The Morgan fingerprint density at radius 1 is 1.18 bits per heavy atom. The van der Waals surface area contributed by atoms with Crippen molar-refractivity contribution in [2.45, 2.75) is 32.4 Å². The molecule has 0 aliphatic rings. The van der Waals surface area contributed by atoms with Crippen LogP contribution in [0.25, 0.3) is 11.0 Å². The zero-order valence-corrected chi connectivity index (χ0v) is 18.6. The first-order chi connectivity index (χ1) is 16.5. The van der Waals surface area contributed by atoms with E-state index in [-0.39, 0.29) is 29.6 Å². The van der Waals surface area contributed by atoms with Crippen molar-refractivity contribution in [1.29, 1.82) is 0 Å². The Balaban J connectivity index is 1.44. The molecule has 10 nitrogen and oxygen atoms in total. The minimum atomic E-state index is -0.473. The Morgan fingerprint density at radius 3 is 2.71 bits per heavy atom. The van der Waals surface area contributed by atoms with Gasteiger partial charge in [0.1, 0.15) is 11.7 Å². The maximum Gasteiger partial charge on any atom is 0.269 e. The Hall–Kier alpha value is -4.34. The van der Waals surface area contributed by atoms with Crippen LogP contribution in [0.4, 0.5) is 5.69 Å². The molecule has 0 aliphatic heterocycles. The SMILES string of the molecule is CCC(C(=O)NCCn1ncc2c(=O)n(Cc3cccc([N+](=O)[O-])c3)cnc21)c1ccccc1. The molecule has 0 aliphatic carbocycles. The second-order valence-corrected chi connectivity index (χ2v) is 7.87. The lowest BCUT2D eigenvalue weighted by atomic mass is 9.96. The van der Waals surface area contributed by atoms with E-state index in [1.54, 1.807) is 16.8 Å². The number of fused-ring (bicyclic) bond motifs is 1. The summed E-state index contributed by atoms with van der Waals surface area (Å²) in [5.74, 6) is -0.285. The van der Waals surface area contributed by atoms with Crippen LogP contribution in [-0.4, -0.2) is 36.7 Å². The first kappa shape index (κ1) is 22.8. The molecule has 34 heavy (non-hydrogen) atoms. The number of hydrogen-bond donors (Lipinski definition) is 1. The largest absolute Gasteiger partial charge is 0.354 e. The third-order valence-corrected chi connectivity index (χ3v) is 5.65. The number of nitrogens with zero attached hydrogens (tertiary/aromatic N) is 5. The molecular formula is C24H24N6O4. The zero-order valence-electron chi connectivity index (χ0n) is 18.6. The summed E-state index contributed by atoms with van der Waals surface area (Å²) < 4.78 is 2.97. The standard InChI is InChI=1S/C24H24N6O4/c1-2-20(18-8-4-3-5-9-18)23(31)25-11-12-29-22-21(14-27-29)24(32)28(16-26-22)15-17-7-6-10-19(13-17)30(33)34/h3-10,13-14,16,20H,2,11-12,15H2,1H3,(H,25,31). The fourth-order valence-corrected chi connectivity index (χ4v) is 3.90. The van der Waals surface area contributed by atoms with Crippen LogP contribution in [0.3, 0.4) is 0 Å². The van der Waals surface area contributed by atoms with Crippen molar-refractivity contribution in [2.24, 2.45) is 0 Å². The lowest BCUT2D eigenvalue weighted by Crippen LogP contribution is -2.32. The molecule has 0 saturated carbocycles. The number of amides is 1. The van der Waals surface area contributed by atoms with Gasteiger partial charge in [0.15, 0.2) is 5.65 Å². The van der Waals surface area contributed by atoms with Crippen LogP contribution >= 0.6 is 0 Å². The van der Waals surface area contributed by atoms with E-state index in [0.29, 0.717) is 36.1 Å². The minimum absolute atomic E-state index is 0.0352. The van der Waals surface area contributed by atoms with E-state index >= 15 is 0 Å². The van der Waals surface area contributed by atoms with Gasteiger partial charge in [0, 0.05) is 18.7 Å². The molecule has 0 saturated heterocycles. The Kier molecular flexibility index (Phi) is 6.77. The summed E-state index contributed by atoms with van der Waals surface area (Å²) in [5.41, 5.74) is 1.69. The number of nitro groups is 1. The molecule has 1 unspecified atom stereocenters. The predicted molar refractivity (Wildman–Crippen MR) is 126 cm³/mol. The summed E-state index contributed by atoms with van der Waals surface area (Å²) in [6.07, 6.45) is 3.55. The van der Waals surface area contributed by atoms with Crippen LogP contribution in [0.2, 0.25) is 0 Å². The van der Waals surface area contributed by atoms with E-state index in [0.717, 1.165) is 5.56 Å². The second kappa shape index (κ2) is 10.1. The maximum atomic E-state index is 12.9. The van der Waals surface area contributed by atoms with Crippen molar-refractivity contribution in [2.75, 3.05) is 6.54 Å². The van der Waals surface area contributed by atoms with Crippen molar-refractivity contribution in [3.8, 4) is 0 Å². The Bertz CT molecular complexity index is 1380. The molecule has 1 amide bonds. The first-order valence-corrected chi connectivity index (χ1v) is 10.9. The van der Waals surface area contributed by atoms with E-state index < -0.39 is 4.92 Å². The van der Waals surface area contributed by atoms with Gasteiger partial charge in [0.05, 0.1) is 30.1 Å². The van der Waals surface area contributed by atoms with Crippen LogP contribution in [0, 0.1) is 10.1 Å². The molecule has 0 bridgehead atoms. The van der Waals surface area contributed by atoms with Gasteiger partial charge < -0.3 is 5.32 Å². The predicted octanol–water partition coefficient (Wildman–Crippen LogP) is 2.86. The number of hydrogen-bond acceptors (Lipinski definition) is 6. The Morgan fingerprint density at radius 2 is 1.97 bits per heavy atom. The third-order valence-electron chi connectivity index (χ3n) is 5.65. The molecule has 0 spiro atoms. The topological polar surface area (TPSA) is 125 Å². The molecule has 1 atom stereocenters. The van der Waals surface area contributed by atoms with Gasteiger partial charge in [-0.3, -0.25) is 24.3 Å². The Labute approximate surface area is 195 Å². The number of carbonyl (C=O) groups excluding carboxylic acids is 1. The molecule has 1 N–H and O–H groups in total. The highest BCUT2D eigenvalue weighted by Crippen LogP contribution is 2.19. The molecule has 174 valence electrons. The number of non-ortho nitro benzene ring substituents is 1. The monoisotopic (exact) mass is 460 g/mol. The zero-order chi connectivity index (χ0) is 24.1. The van der Waals surface area contributed by atoms with Crippen LogP contribution in [0.15, 0.2) is 71.9 Å². The second-order valence-electron chi connectivity index (χ2n) is 7.87. The lowest BCUT2D eigenvalue weighted by Gasteiger charge is -2.15. The molecule has 2 heterocycles. The highest BCUT2D eigenvalue weighted by Gasteiger charge is 2.18. The molecular weight excluding hydrogens is 436 g/mol. The number of aromatic nitrogens is 4. The molecule has 0 radical (unpaired) electrons. The van der Waals surface area contributed by atoms with Crippen LogP contribution in [0.1, 0.15) is 30.4 Å². The number of carbonyl (C=O) groups is 1. The summed E-state index contributed by atoms with van der Waals surface area (Å²) >= 11 is 0. The highest BCUT2D eigenvalue weighted by atomic mass is 16.6. The van der Waals surface area contributed by atoms with Gasteiger partial charge in [0.2, 0.25) is 5.91 Å². The van der Waals surface area contributed by atoms with E-state index in [1.807, 2.05) is 37.3 Å². The van der Waals surface area contributed by atoms with Crippen LogP contribution < -0.4 is 10.9 Å². The smallest absolute Gasteiger partial charge is 0.269 e. The summed E-state index contributed by atoms with van der Waals surface area (Å²) in [7, 11) is 0. The maximum absolute atomic E-state index is 12.9. The molecule has 10 heteroatoms. The summed E-state index contributed by atoms with van der Waals surface area (Å²) in [4.78, 5) is 40.4. The number of nitrogens with one attached hydrogen (secondary N) is 1. The molecule has 2 aromatic heterocycles. The average molecular weight is 460 g/mol. The minimum Gasteiger partial charge on any atom is -0.354 e. The van der Waals surface area contributed by atoms with Gasteiger partial charge in [-0.25, -0.2) is 9.67 Å². The van der Waals surface area contributed by atoms with E-state index in [9.17, 15) is 19.7 Å². The summed E-state index contributed by atoms with van der Waals surface area (Å²) in [6, 6.07) is 15.8. The van der Waals surface area contributed by atoms with Gasteiger partial charge in [0.25, 0.3) is 11.2 Å². The average Bonchev–Trinajstić information content (AvgIpc) is 3.26. The summed E-state index contributed by atoms with van der Waals surface area (Å²) in [6.45, 7) is 2.84. The fourth-order valence-electron chi connectivity index (χ4n) is 3.90. The van der Waals surface area contributed by atoms with Gasteiger partial charge in [-0.1, -0.05) is 49.4 Å². The van der Waals surface area contributed by atoms with E-state index in [2.05, 4.69) is 15.4 Å². The van der Waals surface area contributed by atoms with Crippen molar-refractivity contribution in [1.82, 2.24) is 24.6 Å². The van der Waals surface area contributed by atoms with Gasteiger partial charge in [-0.05, 0) is 17.5 Å².